The van der Waals surface area contributed by atoms with Crippen molar-refractivity contribution in [3.05, 3.63) is 75.0 Å². The van der Waals surface area contributed by atoms with Crippen molar-refractivity contribution in [2.75, 3.05) is 11.9 Å². The molecular weight excluding hydrogens is 414 g/mol. The van der Waals surface area contributed by atoms with Crippen molar-refractivity contribution < 1.29 is 4.79 Å². The van der Waals surface area contributed by atoms with E-state index in [0.29, 0.717) is 22.5 Å². The van der Waals surface area contributed by atoms with E-state index < -0.39 is 0 Å². The number of likely N-dealkylation sites (N-methyl/N-ethyl adjacent to an activating group) is 1. The number of nitrogens with one attached hydrogen (secondary N) is 1. The molecule has 0 saturated heterocycles. The van der Waals surface area contributed by atoms with E-state index in [1.54, 1.807) is 18.1 Å². The summed E-state index contributed by atoms with van der Waals surface area (Å²) in [5.41, 5.74) is 3.52. The van der Waals surface area contributed by atoms with E-state index in [2.05, 4.69) is 21.2 Å². The van der Waals surface area contributed by atoms with Gasteiger partial charge in [0.15, 0.2) is 0 Å². The Morgan fingerprint density at radius 1 is 1.23 bits per heavy atom. The van der Waals surface area contributed by atoms with Crippen LogP contribution in [0.3, 0.4) is 0 Å². The molecule has 1 aliphatic carbocycles. The summed E-state index contributed by atoms with van der Waals surface area (Å²) in [6.45, 7) is 0. The maximum atomic E-state index is 13.0. The molecule has 0 atom stereocenters. The molecule has 1 saturated carbocycles. The van der Waals surface area contributed by atoms with E-state index >= 15 is 0 Å². The number of fused-ring (bicyclic) bond motifs is 1. The van der Waals surface area contributed by atoms with Crippen LogP contribution in [0, 0.1) is 0 Å². The van der Waals surface area contributed by atoms with Crippen molar-refractivity contribution in [3.8, 4) is 0 Å². The SMILES string of the molecule is CN1C(=O)C(=CNC2CC2)N=C(c2ccccc2Cl)c2cc(Br)ccc21. The van der Waals surface area contributed by atoms with Crippen LogP contribution >= 0.6 is 27.5 Å². The fraction of sp³-hybridized carbons (Fsp3) is 0.200. The second-order valence-electron chi connectivity index (χ2n) is 6.44. The van der Waals surface area contributed by atoms with Crippen LogP contribution in [0.4, 0.5) is 5.69 Å². The van der Waals surface area contributed by atoms with Gasteiger partial charge in [-0.1, -0.05) is 45.7 Å². The van der Waals surface area contributed by atoms with Crippen molar-refractivity contribution in [2.45, 2.75) is 18.9 Å². The van der Waals surface area contributed by atoms with Gasteiger partial charge in [-0.25, -0.2) is 4.99 Å². The van der Waals surface area contributed by atoms with Crippen LogP contribution in [0.5, 0.6) is 0 Å². The number of benzene rings is 2. The molecule has 1 aliphatic heterocycles. The number of nitrogens with zero attached hydrogens (tertiary/aromatic N) is 2. The third-order valence-electron chi connectivity index (χ3n) is 4.49. The summed E-state index contributed by atoms with van der Waals surface area (Å²) in [7, 11) is 1.77. The highest BCUT2D eigenvalue weighted by Crippen LogP contribution is 2.33. The predicted octanol–water partition coefficient (Wildman–Crippen LogP) is 4.51. The summed E-state index contributed by atoms with van der Waals surface area (Å²) in [4.78, 5) is 19.3. The van der Waals surface area contributed by atoms with Crippen molar-refractivity contribution in [2.24, 2.45) is 4.99 Å². The minimum absolute atomic E-state index is 0.149. The van der Waals surface area contributed by atoms with E-state index in [1.165, 1.54) is 0 Å². The van der Waals surface area contributed by atoms with Gasteiger partial charge in [-0.15, -0.1) is 0 Å². The van der Waals surface area contributed by atoms with E-state index in [0.717, 1.165) is 34.1 Å². The lowest BCUT2D eigenvalue weighted by Gasteiger charge is -2.18. The van der Waals surface area contributed by atoms with Crippen molar-refractivity contribution in [1.82, 2.24) is 5.32 Å². The maximum absolute atomic E-state index is 13.0. The molecule has 4 rings (SSSR count). The Labute approximate surface area is 165 Å². The summed E-state index contributed by atoms with van der Waals surface area (Å²) in [5, 5.41) is 3.87. The number of anilines is 1. The van der Waals surface area contributed by atoms with Gasteiger partial charge >= 0.3 is 0 Å². The van der Waals surface area contributed by atoms with E-state index in [4.69, 9.17) is 16.6 Å². The minimum atomic E-state index is -0.149. The molecule has 2 aromatic rings. The maximum Gasteiger partial charge on any atom is 0.278 e. The van der Waals surface area contributed by atoms with Crippen molar-refractivity contribution in [3.63, 3.8) is 0 Å². The van der Waals surface area contributed by atoms with Gasteiger partial charge in [0.2, 0.25) is 0 Å². The molecule has 1 amide bonds. The topological polar surface area (TPSA) is 44.7 Å². The third kappa shape index (κ3) is 3.29. The summed E-state index contributed by atoms with van der Waals surface area (Å²) in [6, 6.07) is 13.8. The molecule has 0 bridgehead atoms. The molecule has 1 N–H and O–H groups in total. The average molecular weight is 431 g/mol. The lowest BCUT2D eigenvalue weighted by molar-refractivity contribution is -0.114. The van der Waals surface area contributed by atoms with Crippen LogP contribution in [0.25, 0.3) is 0 Å². The third-order valence-corrected chi connectivity index (χ3v) is 5.32. The number of carbonyl (C=O) groups is 1. The van der Waals surface area contributed by atoms with Crippen LogP contribution in [0.15, 0.2) is 63.8 Å². The largest absolute Gasteiger partial charge is 0.386 e. The van der Waals surface area contributed by atoms with Crippen LogP contribution in [-0.4, -0.2) is 24.7 Å². The van der Waals surface area contributed by atoms with E-state index in [1.807, 2.05) is 42.5 Å². The smallest absolute Gasteiger partial charge is 0.278 e. The zero-order valence-electron chi connectivity index (χ0n) is 14.2. The molecule has 26 heavy (non-hydrogen) atoms. The van der Waals surface area contributed by atoms with Crippen molar-refractivity contribution >= 4 is 44.8 Å². The standard InChI is InChI=1S/C20H17BrClN3O/c1-25-18-9-6-12(21)10-15(18)19(14-4-2-3-5-16(14)22)24-17(20(25)26)11-23-13-7-8-13/h2-6,9-11,13,23H,7-8H2,1H3. The van der Waals surface area contributed by atoms with Gasteiger partial charge in [-0.2, -0.15) is 0 Å². The van der Waals surface area contributed by atoms with Gasteiger partial charge in [0, 0.05) is 39.9 Å². The Morgan fingerprint density at radius 2 is 2.00 bits per heavy atom. The lowest BCUT2D eigenvalue weighted by atomic mass is 10.0. The Kier molecular flexibility index (Phi) is 4.59. The first-order valence-electron chi connectivity index (χ1n) is 8.42. The molecule has 1 fully saturated rings. The molecule has 4 nitrogen and oxygen atoms in total. The number of rotatable bonds is 3. The molecule has 6 heteroatoms. The second-order valence-corrected chi connectivity index (χ2v) is 7.76. The Hall–Kier alpha value is -2.11. The number of amides is 1. The first-order chi connectivity index (χ1) is 12.5. The van der Waals surface area contributed by atoms with Crippen LogP contribution in [-0.2, 0) is 4.79 Å². The number of carbonyl (C=O) groups excluding carboxylic acids is 1. The lowest BCUT2D eigenvalue weighted by Crippen LogP contribution is -2.27. The molecule has 0 spiro atoms. The Morgan fingerprint density at radius 3 is 2.73 bits per heavy atom. The normalized spacial score (nSPS) is 18.4. The zero-order chi connectivity index (χ0) is 18.3. The van der Waals surface area contributed by atoms with E-state index in [9.17, 15) is 4.79 Å². The van der Waals surface area contributed by atoms with Gasteiger partial charge in [0.25, 0.3) is 5.91 Å². The van der Waals surface area contributed by atoms with Gasteiger partial charge in [-0.05, 0) is 37.1 Å². The first kappa shape index (κ1) is 17.3. The fourth-order valence-electron chi connectivity index (χ4n) is 2.90. The monoisotopic (exact) mass is 429 g/mol. The average Bonchev–Trinajstić information content (AvgIpc) is 3.46. The molecule has 2 aliphatic rings. The Balaban J connectivity index is 1.93. The predicted molar refractivity (Wildman–Crippen MR) is 109 cm³/mol. The molecule has 0 unspecified atom stereocenters. The van der Waals surface area contributed by atoms with Gasteiger partial charge in [0.1, 0.15) is 5.70 Å². The second kappa shape index (κ2) is 6.89. The van der Waals surface area contributed by atoms with Crippen LogP contribution < -0.4 is 10.2 Å². The number of hydrogen-bond donors (Lipinski definition) is 1. The number of hydrogen-bond acceptors (Lipinski definition) is 3. The van der Waals surface area contributed by atoms with Gasteiger partial charge in [0.05, 0.1) is 11.4 Å². The highest BCUT2D eigenvalue weighted by molar-refractivity contribution is 9.10. The van der Waals surface area contributed by atoms with Gasteiger partial charge < -0.3 is 10.2 Å². The molecule has 2 aromatic carbocycles. The molecule has 1 heterocycles. The zero-order valence-corrected chi connectivity index (χ0v) is 16.5. The summed E-state index contributed by atoms with van der Waals surface area (Å²) >= 11 is 9.97. The first-order valence-corrected chi connectivity index (χ1v) is 9.59. The van der Waals surface area contributed by atoms with E-state index in [-0.39, 0.29) is 5.91 Å². The summed E-state index contributed by atoms with van der Waals surface area (Å²) in [6.07, 6.45) is 3.98. The highest BCUT2D eigenvalue weighted by Gasteiger charge is 2.28. The highest BCUT2D eigenvalue weighted by atomic mass is 79.9. The number of benzodiazepines with no additional fused rings is 1. The van der Waals surface area contributed by atoms with Crippen LogP contribution in [0.1, 0.15) is 24.0 Å². The molecule has 0 radical (unpaired) electrons. The van der Waals surface area contributed by atoms with Crippen LogP contribution in [0.2, 0.25) is 5.02 Å². The molecular formula is C20H17BrClN3O. The summed E-state index contributed by atoms with van der Waals surface area (Å²) < 4.78 is 0.917. The minimum Gasteiger partial charge on any atom is -0.386 e. The molecule has 132 valence electrons. The quantitative estimate of drug-likeness (QED) is 0.728. The molecule has 0 aromatic heterocycles. The van der Waals surface area contributed by atoms with Crippen molar-refractivity contribution in [1.29, 1.82) is 0 Å². The number of halogens is 2. The Bertz CT molecular complexity index is 950. The summed E-state index contributed by atoms with van der Waals surface area (Å²) in [5.74, 6) is -0.149. The fourth-order valence-corrected chi connectivity index (χ4v) is 3.49. The van der Waals surface area contributed by atoms with Gasteiger partial charge in [-0.3, -0.25) is 4.79 Å². The number of aliphatic imine (C=N–C) groups is 1.